The van der Waals surface area contributed by atoms with Crippen LogP contribution in [0.3, 0.4) is 0 Å². The second-order valence-corrected chi connectivity index (χ2v) is 6.57. The summed E-state index contributed by atoms with van der Waals surface area (Å²) in [4.78, 5) is 23.0. The first kappa shape index (κ1) is 16.1. The lowest BCUT2D eigenvalue weighted by atomic mass is 10.1. The fourth-order valence-corrected chi connectivity index (χ4v) is 3.54. The topological polar surface area (TPSA) is 60.2 Å². The van der Waals surface area contributed by atoms with E-state index in [1.54, 1.807) is 6.20 Å². The van der Waals surface area contributed by atoms with Gasteiger partial charge in [0.1, 0.15) is 17.6 Å². The van der Waals surface area contributed by atoms with Gasteiger partial charge < -0.3 is 14.2 Å². The Morgan fingerprint density at radius 3 is 2.84 bits per heavy atom. The van der Waals surface area contributed by atoms with E-state index in [0.717, 1.165) is 31.6 Å². The fraction of sp³-hybridized carbons (Fsp3) is 0.500. The number of ether oxygens (including phenoxy) is 1. The predicted octanol–water partition coefficient (Wildman–Crippen LogP) is 2.44. The summed E-state index contributed by atoms with van der Waals surface area (Å²) < 4.78 is 21.3. The van der Waals surface area contributed by atoms with Crippen LogP contribution in [0, 0.1) is 5.82 Å². The van der Waals surface area contributed by atoms with E-state index in [-0.39, 0.29) is 17.9 Å². The molecule has 4 rings (SSSR count). The minimum Gasteiger partial charge on any atom is -0.472 e. The van der Waals surface area contributed by atoms with Gasteiger partial charge in [-0.25, -0.2) is 14.4 Å². The van der Waals surface area contributed by atoms with Gasteiger partial charge in [0.2, 0.25) is 0 Å². The molecule has 0 spiro atoms. The molecule has 0 aliphatic carbocycles. The highest BCUT2D eigenvalue weighted by Crippen LogP contribution is 2.22. The number of aryl methyl sites for hydroxylation is 1. The van der Waals surface area contributed by atoms with Gasteiger partial charge in [0.15, 0.2) is 5.82 Å². The molecule has 0 unspecified atom stereocenters. The lowest BCUT2D eigenvalue weighted by Gasteiger charge is -2.32. The molecule has 1 saturated heterocycles. The summed E-state index contributed by atoms with van der Waals surface area (Å²) in [5.74, 6) is 0.630. The molecule has 0 N–H and O–H groups in total. The molecule has 2 aromatic rings. The second-order valence-electron chi connectivity index (χ2n) is 6.57. The van der Waals surface area contributed by atoms with E-state index < -0.39 is 5.82 Å². The van der Waals surface area contributed by atoms with Gasteiger partial charge in [0, 0.05) is 45.1 Å². The van der Waals surface area contributed by atoms with Crippen molar-refractivity contribution in [1.82, 2.24) is 19.4 Å². The van der Waals surface area contributed by atoms with Gasteiger partial charge >= 0.3 is 0 Å². The van der Waals surface area contributed by atoms with Gasteiger partial charge in [-0.1, -0.05) is 0 Å². The summed E-state index contributed by atoms with van der Waals surface area (Å²) in [7, 11) is 0. The Morgan fingerprint density at radius 1 is 1.20 bits per heavy atom. The third-order valence-electron chi connectivity index (χ3n) is 4.92. The zero-order valence-corrected chi connectivity index (χ0v) is 14.0. The van der Waals surface area contributed by atoms with Gasteiger partial charge in [0.05, 0.1) is 6.20 Å². The number of amides is 1. The van der Waals surface area contributed by atoms with Crippen LogP contribution in [-0.2, 0) is 13.0 Å². The monoisotopic (exact) mass is 344 g/mol. The number of rotatable bonds is 3. The Kier molecular flexibility index (Phi) is 4.38. The zero-order valence-electron chi connectivity index (χ0n) is 14.0. The fourth-order valence-electron chi connectivity index (χ4n) is 3.54. The molecule has 2 aliphatic heterocycles. The molecule has 0 bridgehead atoms. The Hall–Kier alpha value is -2.44. The predicted molar refractivity (Wildman–Crippen MR) is 88.9 cm³/mol. The molecular formula is C18H21FN4O2. The molecule has 6 nitrogen and oxygen atoms in total. The summed E-state index contributed by atoms with van der Waals surface area (Å²) in [6.07, 6.45) is 7.61. The number of fused-ring (bicyclic) bond motifs is 1. The van der Waals surface area contributed by atoms with Crippen LogP contribution in [0.5, 0.6) is 5.88 Å². The van der Waals surface area contributed by atoms with Gasteiger partial charge in [-0.05, 0) is 25.0 Å². The van der Waals surface area contributed by atoms with Crippen molar-refractivity contribution in [2.45, 2.75) is 44.8 Å². The second kappa shape index (κ2) is 6.82. The molecule has 2 aromatic heterocycles. The van der Waals surface area contributed by atoms with Crippen LogP contribution in [0.1, 0.15) is 42.0 Å². The maximum absolute atomic E-state index is 13.6. The first-order chi connectivity index (χ1) is 12.2. The van der Waals surface area contributed by atoms with Gasteiger partial charge in [-0.15, -0.1) is 0 Å². The normalized spacial score (nSPS) is 18.0. The molecule has 0 atom stereocenters. The van der Waals surface area contributed by atoms with Crippen molar-refractivity contribution in [3.05, 3.63) is 41.9 Å². The highest BCUT2D eigenvalue weighted by molar-refractivity contribution is 5.92. The van der Waals surface area contributed by atoms with Crippen molar-refractivity contribution in [3.63, 3.8) is 0 Å². The first-order valence-corrected chi connectivity index (χ1v) is 8.83. The van der Waals surface area contributed by atoms with E-state index in [9.17, 15) is 9.18 Å². The molecule has 0 radical (unpaired) electrons. The molecule has 7 heteroatoms. The van der Waals surface area contributed by atoms with E-state index in [1.807, 2.05) is 4.90 Å². The standard InChI is InChI=1S/C18H21FN4O2/c19-14-4-3-8-20-17(14)25-13-6-10-22(11-7-13)18(24)15-12-21-16-5-1-2-9-23(15)16/h3-4,8,12-13H,1-2,5-7,9-11H2. The van der Waals surface area contributed by atoms with Gasteiger partial charge in [-0.3, -0.25) is 4.79 Å². The zero-order chi connectivity index (χ0) is 17.2. The molecule has 1 amide bonds. The molecule has 0 saturated carbocycles. The molecule has 0 aromatic carbocycles. The minimum absolute atomic E-state index is 0.0307. The van der Waals surface area contributed by atoms with Gasteiger partial charge in [-0.2, -0.15) is 0 Å². The van der Waals surface area contributed by atoms with Crippen LogP contribution < -0.4 is 4.74 Å². The maximum Gasteiger partial charge on any atom is 0.272 e. The Bertz CT molecular complexity index is 768. The number of carbonyl (C=O) groups excluding carboxylic acids is 1. The smallest absolute Gasteiger partial charge is 0.272 e. The quantitative estimate of drug-likeness (QED) is 0.858. The van der Waals surface area contributed by atoms with Crippen molar-refractivity contribution in [3.8, 4) is 5.88 Å². The Balaban J connectivity index is 1.38. The summed E-state index contributed by atoms with van der Waals surface area (Å²) in [5, 5.41) is 0. The van der Waals surface area contributed by atoms with Crippen molar-refractivity contribution in [2.24, 2.45) is 0 Å². The number of piperidine rings is 1. The minimum atomic E-state index is -0.452. The van der Waals surface area contributed by atoms with E-state index >= 15 is 0 Å². The van der Waals surface area contributed by atoms with Crippen LogP contribution in [0.4, 0.5) is 4.39 Å². The largest absolute Gasteiger partial charge is 0.472 e. The summed E-state index contributed by atoms with van der Waals surface area (Å²) in [6, 6.07) is 2.87. The lowest BCUT2D eigenvalue weighted by molar-refractivity contribution is 0.0569. The number of hydrogen-bond acceptors (Lipinski definition) is 4. The van der Waals surface area contributed by atoms with Crippen molar-refractivity contribution in [1.29, 1.82) is 0 Å². The average molecular weight is 344 g/mol. The summed E-state index contributed by atoms with van der Waals surface area (Å²) in [6.45, 7) is 2.06. The van der Waals surface area contributed by atoms with Crippen molar-refractivity contribution < 1.29 is 13.9 Å². The van der Waals surface area contributed by atoms with E-state index in [2.05, 4.69) is 14.5 Å². The van der Waals surface area contributed by atoms with Crippen LogP contribution >= 0.6 is 0 Å². The SMILES string of the molecule is O=C(c1cnc2n1CCCC2)N1CCC(Oc2ncccc2F)CC1. The summed E-state index contributed by atoms with van der Waals surface area (Å²) >= 11 is 0. The molecule has 2 aliphatic rings. The highest BCUT2D eigenvalue weighted by Gasteiger charge is 2.28. The van der Waals surface area contributed by atoms with Crippen LogP contribution in [0.25, 0.3) is 0 Å². The Morgan fingerprint density at radius 2 is 2.04 bits per heavy atom. The molecule has 132 valence electrons. The number of pyridine rings is 1. The number of nitrogens with zero attached hydrogens (tertiary/aromatic N) is 4. The third-order valence-corrected chi connectivity index (χ3v) is 4.92. The molecule has 4 heterocycles. The first-order valence-electron chi connectivity index (χ1n) is 8.83. The van der Waals surface area contributed by atoms with E-state index in [1.165, 1.54) is 18.3 Å². The van der Waals surface area contributed by atoms with Crippen LogP contribution in [-0.4, -0.2) is 44.5 Å². The number of hydrogen-bond donors (Lipinski definition) is 0. The van der Waals surface area contributed by atoms with Crippen LogP contribution in [0.2, 0.25) is 0 Å². The van der Waals surface area contributed by atoms with Crippen molar-refractivity contribution in [2.75, 3.05) is 13.1 Å². The lowest BCUT2D eigenvalue weighted by Crippen LogP contribution is -2.42. The van der Waals surface area contributed by atoms with E-state index in [4.69, 9.17) is 4.74 Å². The molecule has 25 heavy (non-hydrogen) atoms. The van der Waals surface area contributed by atoms with Crippen LogP contribution in [0.15, 0.2) is 24.5 Å². The third kappa shape index (κ3) is 3.23. The maximum atomic E-state index is 13.6. The number of halogens is 1. The molecular weight excluding hydrogens is 323 g/mol. The number of imidazole rings is 1. The van der Waals surface area contributed by atoms with E-state index in [0.29, 0.717) is 31.6 Å². The van der Waals surface area contributed by atoms with Crippen molar-refractivity contribution >= 4 is 5.91 Å². The highest BCUT2D eigenvalue weighted by atomic mass is 19.1. The number of carbonyl (C=O) groups is 1. The Labute approximate surface area is 145 Å². The number of aromatic nitrogens is 3. The summed E-state index contributed by atoms with van der Waals surface area (Å²) in [5.41, 5.74) is 0.685. The average Bonchev–Trinajstić information content (AvgIpc) is 3.08. The van der Waals surface area contributed by atoms with Gasteiger partial charge in [0.25, 0.3) is 11.8 Å². The number of likely N-dealkylation sites (tertiary alicyclic amines) is 1. The molecule has 1 fully saturated rings.